The first-order valence-electron chi connectivity index (χ1n) is 8.54. The van der Waals surface area contributed by atoms with E-state index in [0.717, 1.165) is 35.7 Å². The molecule has 2 rings (SSSR count). The summed E-state index contributed by atoms with van der Waals surface area (Å²) in [5.41, 5.74) is 1.44. The van der Waals surface area contributed by atoms with Crippen molar-refractivity contribution in [2.24, 2.45) is 0 Å². The maximum absolute atomic E-state index is 11.1. The minimum Gasteiger partial charge on any atom is -0.494 e. The number of rotatable bonds is 9. The molecule has 0 radical (unpaired) electrons. The Hall–Kier alpha value is -3.02. The van der Waals surface area contributed by atoms with Crippen molar-refractivity contribution in [3.05, 3.63) is 48.5 Å². The van der Waals surface area contributed by atoms with Gasteiger partial charge in [-0.3, -0.25) is 9.59 Å². The molecular formula is C20H24N2O4. The van der Waals surface area contributed by atoms with Crippen molar-refractivity contribution in [3.8, 4) is 11.5 Å². The van der Waals surface area contributed by atoms with Gasteiger partial charge in [-0.25, -0.2) is 0 Å². The second-order valence-electron chi connectivity index (χ2n) is 5.82. The van der Waals surface area contributed by atoms with E-state index in [1.54, 1.807) is 12.1 Å². The molecule has 0 saturated carbocycles. The monoisotopic (exact) mass is 356 g/mol. The largest absolute Gasteiger partial charge is 0.494 e. The standard InChI is InChI=1S/C20H24N2O4/c1-15(23)21-17-7-5-9-19(13-17)25-11-3-4-12-26-20-10-6-8-18(14-20)22-16(2)24/h5-10,13-14H,3-4,11-12H2,1-2H3,(H,21,23)(H,22,24). The third-order valence-electron chi connectivity index (χ3n) is 3.38. The zero-order chi connectivity index (χ0) is 18.8. The van der Waals surface area contributed by atoms with Gasteiger partial charge in [0.15, 0.2) is 0 Å². The Labute approximate surface area is 153 Å². The Morgan fingerprint density at radius 2 is 1.19 bits per heavy atom. The Morgan fingerprint density at radius 1 is 0.769 bits per heavy atom. The van der Waals surface area contributed by atoms with Crippen LogP contribution in [-0.4, -0.2) is 25.0 Å². The highest BCUT2D eigenvalue weighted by Crippen LogP contribution is 2.19. The molecule has 0 unspecified atom stereocenters. The molecular weight excluding hydrogens is 332 g/mol. The van der Waals surface area contributed by atoms with Gasteiger partial charge >= 0.3 is 0 Å². The highest BCUT2D eigenvalue weighted by atomic mass is 16.5. The van der Waals surface area contributed by atoms with E-state index in [1.165, 1.54) is 13.8 Å². The summed E-state index contributed by atoms with van der Waals surface area (Å²) in [6.07, 6.45) is 1.69. The molecule has 0 bridgehead atoms. The number of amides is 2. The summed E-state index contributed by atoms with van der Waals surface area (Å²) in [5, 5.41) is 5.45. The van der Waals surface area contributed by atoms with Gasteiger partial charge < -0.3 is 20.1 Å². The molecule has 2 amide bonds. The predicted octanol–water partition coefficient (Wildman–Crippen LogP) is 3.84. The lowest BCUT2D eigenvalue weighted by atomic mass is 10.3. The van der Waals surface area contributed by atoms with E-state index in [-0.39, 0.29) is 11.8 Å². The molecule has 138 valence electrons. The van der Waals surface area contributed by atoms with Crippen molar-refractivity contribution in [1.29, 1.82) is 0 Å². The number of unbranched alkanes of at least 4 members (excludes halogenated alkanes) is 1. The van der Waals surface area contributed by atoms with Crippen LogP contribution >= 0.6 is 0 Å². The first kappa shape index (κ1) is 19.3. The van der Waals surface area contributed by atoms with Crippen LogP contribution in [0, 0.1) is 0 Å². The van der Waals surface area contributed by atoms with Crippen LogP contribution in [0.2, 0.25) is 0 Å². The number of hydrogen-bond acceptors (Lipinski definition) is 4. The predicted molar refractivity (Wildman–Crippen MR) is 102 cm³/mol. The van der Waals surface area contributed by atoms with Crippen LogP contribution < -0.4 is 20.1 Å². The minimum atomic E-state index is -0.109. The molecule has 0 saturated heterocycles. The van der Waals surface area contributed by atoms with E-state index in [9.17, 15) is 9.59 Å². The molecule has 26 heavy (non-hydrogen) atoms. The van der Waals surface area contributed by atoms with Gasteiger partial charge in [-0.15, -0.1) is 0 Å². The smallest absolute Gasteiger partial charge is 0.221 e. The maximum atomic E-state index is 11.1. The first-order valence-corrected chi connectivity index (χ1v) is 8.54. The van der Waals surface area contributed by atoms with Crippen molar-refractivity contribution in [1.82, 2.24) is 0 Å². The third-order valence-corrected chi connectivity index (χ3v) is 3.38. The lowest BCUT2D eigenvalue weighted by molar-refractivity contribution is -0.115. The van der Waals surface area contributed by atoms with Crippen LogP contribution in [0.1, 0.15) is 26.7 Å². The Balaban J connectivity index is 1.67. The molecule has 0 aliphatic heterocycles. The van der Waals surface area contributed by atoms with Gasteiger partial charge in [0.1, 0.15) is 11.5 Å². The van der Waals surface area contributed by atoms with Gasteiger partial charge in [-0.2, -0.15) is 0 Å². The second-order valence-corrected chi connectivity index (χ2v) is 5.82. The van der Waals surface area contributed by atoms with E-state index in [1.807, 2.05) is 36.4 Å². The van der Waals surface area contributed by atoms with E-state index in [0.29, 0.717) is 13.2 Å². The number of anilines is 2. The summed E-state index contributed by atoms with van der Waals surface area (Å²) in [7, 11) is 0. The molecule has 6 nitrogen and oxygen atoms in total. The number of nitrogens with one attached hydrogen (secondary N) is 2. The molecule has 0 heterocycles. The molecule has 0 fully saturated rings. The number of benzene rings is 2. The van der Waals surface area contributed by atoms with Gasteiger partial charge in [0.25, 0.3) is 0 Å². The molecule has 2 aromatic rings. The molecule has 0 aliphatic rings. The summed E-state index contributed by atoms with van der Waals surface area (Å²) < 4.78 is 11.4. The van der Waals surface area contributed by atoms with Crippen LogP contribution in [0.15, 0.2) is 48.5 Å². The van der Waals surface area contributed by atoms with E-state index < -0.39 is 0 Å². The van der Waals surface area contributed by atoms with Gasteiger partial charge in [0, 0.05) is 37.4 Å². The average Bonchev–Trinajstić information content (AvgIpc) is 2.57. The van der Waals surface area contributed by atoms with Crippen LogP contribution in [-0.2, 0) is 9.59 Å². The Bertz CT molecular complexity index is 683. The summed E-state index contributed by atoms with van der Waals surface area (Å²) in [6, 6.07) is 14.6. The van der Waals surface area contributed by atoms with Crippen LogP contribution in [0.4, 0.5) is 11.4 Å². The Kier molecular flexibility index (Phi) is 7.49. The number of carbonyl (C=O) groups is 2. The van der Waals surface area contributed by atoms with Gasteiger partial charge in [0.2, 0.25) is 11.8 Å². The SMILES string of the molecule is CC(=O)Nc1cccc(OCCCCOc2cccc(NC(C)=O)c2)c1. The van der Waals surface area contributed by atoms with Crippen molar-refractivity contribution in [2.45, 2.75) is 26.7 Å². The van der Waals surface area contributed by atoms with Crippen molar-refractivity contribution >= 4 is 23.2 Å². The average molecular weight is 356 g/mol. The fourth-order valence-corrected chi connectivity index (χ4v) is 2.32. The van der Waals surface area contributed by atoms with Crippen molar-refractivity contribution < 1.29 is 19.1 Å². The van der Waals surface area contributed by atoms with Crippen LogP contribution in [0.25, 0.3) is 0 Å². The quantitative estimate of drug-likeness (QED) is 0.669. The lowest BCUT2D eigenvalue weighted by Crippen LogP contribution is -2.07. The minimum absolute atomic E-state index is 0.109. The van der Waals surface area contributed by atoms with Crippen molar-refractivity contribution in [2.75, 3.05) is 23.8 Å². The highest BCUT2D eigenvalue weighted by Gasteiger charge is 2.01. The van der Waals surface area contributed by atoms with Gasteiger partial charge in [-0.05, 0) is 37.1 Å². The van der Waals surface area contributed by atoms with Gasteiger partial charge in [0.05, 0.1) is 13.2 Å². The zero-order valence-electron chi connectivity index (χ0n) is 15.1. The normalized spacial score (nSPS) is 10.1. The molecule has 0 aromatic heterocycles. The van der Waals surface area contributed by atoms with Gasteiger partial charge in [-0.1, -0.05) is 12.1 Å². The summed E-state index contributed by atoms with van der Waals surface area (Å²) in [5.74, 6) is 1.23. The second kappa shape index (κ2) is 10.1. The molecule has 0 spiro atoms. The molecule has 2 N–H and O–H groups in total. The fraction of sp³-hybridized carbons (Fsp3) is 0.300. The maximum Gasteiger partial charge on any atom is 0.221 e. The van der Waals surface area contributed by atoms with E-state index in [2.05, 4.69) is 10.6 Å². The molecule has 0 atom stereocenters. The summed E-state index contributed by atoms with van der Waals surface area (Å²) in [6.45, 7) is 4.08. The van der Waals surface area contributed by atoms with Crippen LogP contribution in [0.5, 0.6) is 11.5 Å². The lowest BCUT2D eigenvalue weighted by Gasteiger charge is -2.10. The summed E-state index contributed by atoms with van der Waals surface area (Å²) in [4.78, 5) is 22.1. The molecule has 2 aromatic carbocycles. The summed E-state index contributed by atoms with van der Waals surface area (Å²) >= 11 is 0. The van der Waals surface area contributed by atoms with Crippen LogP contribution in [0.3, 0.4) is 0 Å². The number of ether oxygens (including phenoxy) is 2. The van der Waals surface area contributed by atoms with E-state index >= 15 is 0 Å². The highest BCUT2D eigenvalue weighted by molar-refractivity contribution is 5.89. The third kappa shape index (κ3) is 7.25. The van der Waals surface area contributed by atoms with E-state index in [4.69, 9.17) is 9.47 Å². The molecule has 0 aliphatic carbocycles. The molecule has 6 heteroatoms. The zero-order valence-corrected chi connectivity index (χ0v) is 15.1. The number of carbonyl (C=O) groups excluding carboxylic acids is 2. The van der Waals surface area contributed by atoms with Crippen molar-refractivity contribution in [3.63, 3.8) is 0 Å². The fourth-order valence-electron chi connectivity index (χ4n) is 2.32. The number of hydrogen-bond donors (Lipinski definition) is 2. The Morgan fingerprint density at radius 3 is 1.58 bits per heavy atom. The first-order chi connectivity index (χ1) is 12.5. The topological polar surface area (TPSA) is 76.7 Å².